The first-order valence-electron chi connectivity index (χ1n) is 6.16. The van der Waals surface area contributed by atoms with Crippen LogP contribution in [0.1, 0.15) is 41.1 Å². The molecule has 1 saturated carbocycles. The molecule has 1 aliphatic rings. The Morgan fingerprint density at radius 2 is 2.24 bits per heavy atom. The number of carbonyl (C=O) groups is 1. The first-order valence-corrected chi connectivity index (χ1v) is 6.97. The van der Waals surface area contributed by atoms with Crippen molar-refractivity contribution in [3.8, 4) is 0 Å². The predicted octanol–water partition coefficient (Wildman–Crippen LogP) is 2.29. The summed E-state index contributed by atoms with van der Waals surface area (Å²) in [5.41, 5.74) is 1.24. The van der Waals surface area contributed by atoms with Gasteiger partial charge in [0.15, 0.2) is 0 Å². The standard InChI is InChI=1S/C13H20N2OS/c1-8-6-12(10(3)17-8)9(2)15-13(16)7-14-11-4-5-11/h6,9,11,14H,4-5,7H2,1-3H3,(H,15,16). The minimum Gasteiger partial charge on any atom is -0.348 e. The number of thiophene rings is 1. The molecule has 2 rings (SSSR count). The quantitative estimate of drug-likeness (QED) is 0.844. The lowest BCUT2D eigenvalue weighted by Crippen LogP contribution is -2.36. The summed E-state index contributed by atoms with van der Waals surface area (Å²) in [6, 6.07) is 2.86. The highest BCUT2D eigenvalue weighted by molar-refractivity contribution is 7.12. The fraction of sp³-hybridized carbons (Fsp3) is 0.615. The number of nitrogens with one attached hydrogen (secondary N) is 2. The Morgan fingerprint density at radius 1 is 1.53 bits per heavy atom. The Bertz CT molecular complexity index is 410. The predicted molar refractivity (Wildman–Crippen MR) is 71.4 cm³/mol. The summed E-state index contributed by atoms with van der Waals surface area (Å²) in [7, 11) is 0. The topological polar surface area (TPSA) is 41.1 Å². The van der Waals surface area contributed by atoms with Crippen LogP contribution in [-0.2, 0) is 4.79 Å². The summed E-state index contributed by atoms with van der Waals surface area (Å²) in [5, 5.41) is 6.26. The summed E-state index contributed by atoms with van der Waals surface area (Å²) in [5.74, 6) is 0.0904. The van der Waals surface area contributed by atoms with E-state index in [9.17, 15) is 4.79 Å². The molecule has 1 unspecified atom stereocenters. The molecule has 1 aromatic rings. The number of carbonyl (C=O) groups excluding carboxylic acids is 1. The molecule has 0 bridgehead atoms. The molecule has 0 radical (unpaired) electrons. The Morgan fingerprint density at radius 3 is 2.76 bits per heavy atom. The fourth-order valence-corrected chi connectivity index (χ4v) is 3.00. The van der Waals surface area contributed by atoms with E-state index in [0.717, 1.165) is 0 Å². The second-order valence-corrected chi connectivity index (χ2v) is 6.27. The lowest BCUT2D eigenvalue weighted by atomic mass is 10.1. The van der Waals surface area contributed by atoms with Gasteiger partial charge in [-0.25, -0.2) is 0 Å². The first kappa shape index (κ1) is 12.6. The SMILES string of the molecule is Cc1cc(C(C)NC(=O)CNC2CC2)c(C)s1. The van der Waals surface area contributed by atoms with Gasteiger partial charge in [-0.15, -0.1) is 11.3 Å². The van der Waals surface area contributed by atoms with Crippen molar-refractivity contribution in [2.75, 3.05) is 6.54 Å². The van der Waals surface area contributed by atoms with Crippen LogP contribution in [0.5, 0.6) is 0 Å². The molecule has 2 N–H and O–H groups in total. The third-order valence-corrected chi connectivity index (χ3v) is 4.03. The summed E-state index contributed by atoms with van der Waals surface area (Å²) < 4.78 is 0. The van der Waals surface area contributed by atoms with Crippen LogP contribution in [0.15, 0.2) is 6.07 Å². The summed E-state index contributed by atoms with van der Waals surface area (Å²) in [6.07, 6.45) is 2.43. The monoisotopic (exact) mass is 252 g/mol. The van der Waals surface area contributed by atoms with Crippen molar-refractivity contribution in [2.24, 2.45) is 0 Å². The van der Waals surface area contributed by atoms with E-state index in [1.165, 1.54) is 28.2 Å². The van der Waals surface area contributed by atoms with Crippen molar-refractivity contribution in [2.45, 2.75) is 45.7 Å². The van der Waals surface area contributed by atoms with Crippen LogP contribution >= 0.6 is 11.3 Å². The Hall–Kier alpha value is -0.870. The van der Waals surface area contributed by atoms with Gasteiger partial charge >= 0.3 is 0 Å². The highest BCUT2D eigenvalue weighted by Gasteiger charge is 2.21. The van der Waals surface area contributed by atoms with E-state index < -0.39 is 0 Å². The van der Waals surface area contributed by atoms with Crippen LogP contribution in [0, 0.1) is 13.8 Å². The van der Waals surface area contributed by atoms with Gasteiger partial charge in [0, 0.05) is 15.8 Å². The molecule has 3 nitrogen and oxygen atoms in total. The van der Waals surface area contributed by atoms with E-state index in [4.69, 9.17) is 0 Å². The van der Waals surface area contributed by atoms with Crippen molar-refractivity contribution in [3.05, 3.63) is 21.4 Å². The molecule has 1 fully saturated rings. The number of aryl methyl sites for hydroxylation is 2. The van der Waals surface area contributed by atoms with Gasteiger partial charge in [0.05, 0.1) is 12.6 Å². The third kappa shape index (κ3) is 3.54. The van der Waals surface area contributed by atoms with Gasteiger partial charge in [0.25, 0.3) is 0 Å². The van der Waals surface area contributed by atoms with Crippen molar-refractivity contribution >= 4 is 17.2 Å². The van der Waals surface area contributed by atoms with Crippen LogP contribution in [0.3, 0.4) is 0 Å². The zero-order valence-electron chi connectivity index (χ0n) is 10.7. The van der Waals surface area contributed by atoms with Gasteiger partial charge in [-0.3, -0.25) is 4.79 Å². The average molecular weight is 252 g/mol. The van der Waals surface area contributed by atoms with Gasteiger partial charge < -0.3 is 10.6 Å². The van der Waals surface area contributed by atoms with Gasteiger partial charge in [0.1, 0.15) is 0 Å². The maximum absolute atomic E-state index is 11.7. The lowest BCUT2D eigenvalue weighted by Gasteiger charge is -2.14. The van der Waals surface area contributed by atoms with Gasteiger partial charge in [-0.05, 0) is 45.2 Å². The van der Waals surface area contributed by atoms with E-state index in [0.29, 0.717) is 12.6 Å². The fourth-order valence-electron chi connectivity index (χ4n) is 1.98. The maximum Gasteiger partial charge on any atom is 0.234 e. The largest absolute Gasteiger partial charge is 0.348 e. The zero-order valence-corrected chi connectivity index (χ0v) is 11.5. The second-order valence-electron chi connectivity index (χ2n) is 4.81. The molecule has 17 heavy (non-hydrogen) atoms. The molecule has 1 aromatic heterocycles. The number of hydrogen-bond donors (Lipinski definition) is 2. The van der Waals surface area contributed by atoms with E-state index >= 15 is 0 Å². The number of rotatable bonds is 5. The zero-order chi connectivity index (χ0) is 12.4. The molecule has 0 spiro atoms. The van der Waals surface area contributed by atoms with Gasteiger partial charge in [-0.1, -0.05) is 0 Å². The molecule has 1 heterocycles. The molecule has 4 heteroatoms. The summed E-state index contributed by atoms with van der Waals surface area (Å²) in [6.45, 7) is 6.70. The lowest BCUT2D eigenvalue weighted by molar-refractivity contribution is -0.120. The Kier molecular flexibility index (Phi) is 3.84. The first-order chi connectivity index (χ1) is 8.06. The molecule has 0 aliphatic heterocycles. The van der Waals surface area contributed by atoms with Crippen LogP contribution in [-0.4, -0.2) is 18.5 Å². The average Bonchev–Trinajstić information content (AvgIpc) is 3.01. The molecular weight excluding hydrogens is 232 g/mol. The van der Waals surface area contributed by atoms with E-state index in [-0.39, 0.29) is 11.9 Å². The van der Waals surface area contributed by atoms with Crippen molar-refractivity contribution < 1.29 is 4.79 Å². The second kappa shape index (κ2) is 5.19. The maximum atomic E-state index is 11.7. The van der Waals surface area contributed by atoms with Crippen molar-refractivity contribution in [3.63, 3.8) is 0 Å². The number of hydrogen-bond acceptors (Lipinski definition) is 3. The number of amides is 1. The molecule has 94 valence electrons. The molecule has 1 aliphatic carbocycles. The Balaban J connectivity index is 1.84. The molecular formula is C13H20N2OS. The van der Waals surface area contributed by atoms with Crippen molar-refractivity contribution in [1.82, 2.24) is 10.6 Å². The van der Waals surface area contributed by atoms with Crippen LogP contribution < -0.4 is 10.6 Å². The highest BCUT2D eigenvalue weighted by atomic mass is 32.1. The van der Waals surface area contributed by atoms with E-state index in [2.05, 4.69) is 30.5 Å². The van der Waals surface area contributed by atoms with E-state index in [1.54, 1.807) is 11.3 Å². The Labute approximate surface area is 107 Å². The molecule has 0 saturated heterocycles. The van der Waals surface area contributed by atoms with Crippen LogP contribution in [0.4, 0.5) is 0 Å². The van der Waals surface area contributed by atoms with Gasteiger partial charge in [-0.2, -0.15) is 0 Å². The third-order valence-electron chi connectivity index (χ3n) is 3.05. The highest BCUT2D eigenvalue weighted by Crippen LogP contribution is 2.26. The summed E-state index contributed by atoms with van der Waals surface area (Å²) in [4.78, 5) is 14.3. The minimum absolute atomic E-state index is 0.0904. The van der Waals surface area contributed by atoms with Crippen molar-refractivity contribution in [1.29, 1.82) is 0 Å². The summed E-state index contributed by atoms with van der Waals surface area (Å²) >= 11 is 1.79. The molecule has 0 aromatic carbocycles. The molecule has 1 atom stereocenters. The van der Waals surface area contributed by atoms with E-state index in [1.807, 2.05) is 6.92 Å². The van der Waals surface area contributed by atoms with Crippen LogP contribution in [0.25, 0.3) is 0 Å². The van der Waals surface area contributed by atoms with Gasteiger partial charge in [0.2, 0.25) is 5.91 Å². The minimum atomic E-state index is 0.0904. The molecule has 1 amide bonds. The smallest absolute Gasteiger partial charge is 0.234 e. The normalized spacial score (nSPS) is 16.9. The van der Waals surface area contributed by atoms with Crippen LogP contribution in [0.2, 0.25) is 0 Å².